The van der Waals surface area contributed by atoms with Crippen LogP contribution in [0, 0.1) is 10.1 Å². The molecule has 8 nitrogen and oxygen atoms in total. The van der Waals surface area contributed by atoms with Crippen LogP contribution in [0.3, 0.4) is 0 Å². The molecule has 21 heavy (non-hydrogen) atoms. The van der Waals surface area contributed by atoms with Gasteiger partial charge in [0.1, 0.15) is 0 Å². The van der Waals surface area contributed by atoms with Crippen molar-refractivity contribution in [1.29, 1.82) is 0 Å². The molecule has 10 heteroatoms. The number of thiazole rings is 1. The summed E-state index contributed by atoms with van der Waals surface area (Å²) < 4.78 is 4.73. The zero-order valence-electron chi connectivity index (χ0n) is 10.2. The first-order chi connectivity index (χ1) is 10.1. The van der Waals surface area contributed by atoms with Gasteiger partial charge in [0.05, 0.1) is 27.1 Å². The van der Waals surface area contributed by atoms with Crippen LogP contribution < -0.4 is 5.32 Å². The molecule has 3 heterocycles. The van der Waals surface area contributed by atoms with Gasteiger partial charge in [-0.15, -0.1) is 22.7 Å². The number of hydrogen-bond donors (Lipinski definition) is 1. The molecule has 0 saturated heterocycles. The molecule has 0 aliphatic rings. The van der Waals surface area contributed by atoms with Crippen molar-refractivity contribution in [3.8, 4) is 10.6 Å². The van der Waals surface area contributed by atoms with Crippen LogP contribution >= 0.6 is 22.7 Å². The fourth-order valence-corrected chi connectivity index (χ4v) is 3.09. The predicted octanol–water partition coefficient (Wildman–Crippen LogP) is 3.02. The van der Waals surface area contributed by atoms with E-state index in [4.69, 9.17) is 4.52 Å². The van der Waals surface area contributed by atoms with Crippen molar-refractivity contribution < 1.29 is 14.2 Å². The van der Waals surface area contributed by atoms with E-state index in [1.807, 2.05) is 0 Å². The van der Waals surface area contributed by atoms with E-state index in [1.165, 1.54) is 46.4 Å². The number of anilines is 1. The Morgan fingerprint density at radius 3 is 2.90 bits per heavy atom. The Hall–Kier alpha value is -2.59. The minimum Gasteiger partial charge on any atom is -0.351 e. The molecule has 0 bridgehead atoms. The second-order valence-corrected chi connectivity index (χ2v) is 5.56. The molecule has 0 saturated carbocycles. The van der Waals surface area contributed by atoms with Crippen LogP contribution in [0.2, 0.25) is 0 Å². The van der Waals surface area contributed by atoms with Gasteiger partial charge in [0.2, 0.25) is 5.76 Å². The van der Waals surface area contributed by atoms with Crippen LogP contribution in [0.15, 0.2) is 33.6 Å². The van der Waals surface area contributed by atoms with Gasteiger partial charge < -0.3 is 4.52 Å². The third-order valence-corrected chi connectivity index (χ3v) is 4.13. The molecule has 3 rings (SSSR count). The molecular formula is C11H6N4O4S2. The molecule has 0 aromatic carbocycles. The molecule has 0 aliphatic carbocycles. The van der Waals surface area contributed by atoms with Crippen molar-refractivity contribution in [3.05, 3.63) is 45.0 Å². The van der Waals surface area contributed by atoms with E-state index >= 15 is 0 Å². The van der Waals surface area contributed by atoms with E-state index < -0.39 is 10.8 Å². The van der Waals surface area contributed by atoms with E-state index in [1.54, 1.807) is 5.38 Å². The maximum absolute atomic E-state index is 11.7. The number of hydrogen-bond acceptors (Lipinski definition) is 8. The van der Waals surface area contributed by atoms with Crippen molar-refractivity contribution in [2.24, 2.45) is 0 Å². The van der Waals surface area contributed by atoms with Crippen molar-refractivity contribution in [1.82, 2.24) is 10.1 Å². The number of aromatic nitrogens is 2. The van der Waals surface area contributed by atoms with Crippen LogP contribution in [-0.2, 0) is 0 Å². The van der Waals surface area contributed by atoms with Gasteiger partial charge in [-0.1, -0.05) is 5.16 Å². The lowest BCUT2D eigenvalue weighted by atomic mass is 10.4. The smallest absolute Gasteiger partial charge is 0.296 e. The maximum atomic E-state index is 11.7. The number of nitro groups is 1. The summed E-state index contributed by atoms with van der Waals surface area (Å²) in [4.78, 5) is 26.8. The van der Waals surface area contributed by atoms with Crippen molar-refractivity contribution in [2.45, 2.75) is 0 Å². The zero-order chi connectivity index (χ0) is 14.8. The van der Waals surface area contributed by atoms with Gasteiger partial charge in [-0.05, 0) is 0 Å². The highest BCUT2D eigenvalue weighted by molar-refractivity contribution is 7.16. The number of nitrogens with zero attached hydrogens (tertiary/aromatic N) is 3. The van der Waals surface area contributed by atoms with Gasteiger partial charge >= 0.3 is 0 Å². The van der Waals surface area contributed by atoms with E-state index in [9.17, 15) is 14.9 Å². The third-order valence-electron chi connectivity index (χ3n) is 2.44. The molecular weight excluding hydrogens is 316 g/mol. The Kier molecular flexibility index (Phi) is 3.46. The van der Waals surface area contributed by atoms with E-state index in [0.29, 0.717) is 15.7 Å². The fraction of sp³-hybridized carbons (Fsp3) is 0. The molecule has 0 spiro atoms. The number of carbonyl (C=O) groups excluding carboxylic acids is 1. The second kappa shape index (κ2) is 5.42. The van der Waals surface area contributed by atoms with E-state index in [0.717, 1.165) is 0 Å². The Morgan fingerprint density at radius 2 is 2.24 bits per heavy atom. The SMILES string of the molecule is O=C(Nc1nc(-c2cc([N+](=O)[O-])cs2)cs1)c1ccno1. The first-order valence-electron chi connectivity index (χ1n) is 5.54. The number of rotatable bonds is 4. The molecule has 0 aliphatic heterocycles. The lowest BCUT2D eigenvalue weighted by Crippen LogP contribution is -2.10. The van der Waals surface area contributed by atoms with E-state index in [2.05, 4.69) is 15.5 Å². The Morgan fingerprint density at radius 1 is 1.38 bits per heavy atom. The quantitative estimate of drug-likeness (QED) is 0.584. The van der Waals surface area contributed by atoms with Crippen LogP contribution in [0.25, 0.3) is 10.6 Å². The first-order valence-corrected chi connectivity index (χ1v) is 7.30. The minimum absolute atomic E-state index is 0.0234. The molecule has 3 aromatic rings. The Bertz CT molecular complexity index is 793. The highest BCUT2D eigenvalue weighted by Gasteiger charge is 2.15. The summed E-state index contributed by atoms with van der Waals surface area (Å²) in [6, 6.07) is 2.88. The lowest BCUT2D eigenvalue weighted by Gasteiger charge is -1.95. The van der Waals surface area contributed by atoms with Crippen LogP contribution in [0.4, 0.5) is 10.8 Å². The average molecular weight is 322 g/mol. The first kappa shape index (κ1) is 13.4. The molecule has 0 radical (unpaired) electrons. The highest BCUT2D eigenvalue weighted by atomic mass is 32.1. The fourth-order valence-electron chi connectivity index (χ4n) is 1.49. The number of carbonyl (C=O) groups is 1. The summed E-state index contributed by atoms with van der Waals surface area (Å²) in [6.45, 7) is 0. The second-order valence-electron chi connectivity index (χ2n) is 3.79. The Balaban J connectivity index is 1.76. The summed E-state index contributed by atoms with van der Waals surface area (Å²) in [6.07, 6.45) is 1.37. The average Bonchev–Trinajstić information content (AvgIpc) is 3.20. The highest BCUT2D eigenvalue weighted by Crippen LogP contribution is 2.32. The largest absolute Gasteiger partial charge is 0.351 e. The standard InChI is InChI=1S/C11H6N4O4S2/c16-10(8-1-2-12-19-8)14-11-13-7(5-21-11)9-3-6(4-20-9)15(17)18/h1-5H,(H,13,14,16). The van der Waals surface area contributed by atoms with Crippen LogP contribution in [-0.4, -0.2) is 21.0 Å². The van der Waals surface area contributed by atoms with Crippen LogP contribution in [0.1, 0.15) is 10.6 Å². The zero-order valence-corrected chi connectivity index (χ0v) is 11.8. The van der Waals surface area contributed by atoms with Gasteiger partial charge in [0, 0.05) is 17.5 Å². The Labute approximate surface area is 125 Å². The molecule has 106 valence electrons. The summed E-state index contributed by atoms with van der Waals surface area (Å²) >= 11 is 2.44. The molecule has 0 fully saturated rings. The molecule has 0 atom stereocenters. The van der Waals surface area contributed by atoms with Crippen molar-refractivity contribution in [2.75, 3.05) is 5.32 Å². The van der Waals surface area contributed by atoms with Gasteiger partial charge in [0.25, 0.3) is 11.6 Å². The monoisotopic (exact) mass is 322 g/mol. The number of nitrogens with one attached hydrogen (secondary N) is 1. The molecule has 0 unspecified atom stereocenters. The maximum Gasteiger partial charge on any atom is 0.296 e. The normalized spacial score (nSPS) is 10.5. The summed E-state index contributed by atoms with van der Waals surface area (Å²) in [5, 5.41) is 20.2. The predicted molar refractivity (Wildman–Crippen MR) is 76.5 cm³/mol. The minimum atomic E-state index is -0.459. The van der Waals surface area contributed by atoms with Crippen molar-refractivity contribution in [3.63, 3.8) is 0 Å². The summed E-state index contributed by atoms with van der Waals surface area (Å²) in [5.41, 5.74) is 0.598. The summed E-state index contributed by atoms with van der Waals surface area (Å²) in [7, 11) is 0. The molecule has 1 amide bonds. The topological polar surface area (TPSA) is 111 Å². The summed E-state index contributed by atoms with van der Waals surface area (Å²) in [5.74, 6) is -0.371. The lowest BCUT2D eigenvalue weighted by molar-refractivity contribution is -0.384. The molecule has 3 aromatic heterocycles. The molecule has 1 N–H and O–H groups in total. The van der Waals surface area contributed by atoms with Crippen molar-refractivity contribution >= 4 is 39.4 Å². The van der Waals surface area contributed by atoms with E-state index in [-0.39, 0.29) is 11.4 Å². The third kappa shape index (κ3) is 2.80. The van der Waals surface area contributed by atoms with Gasteiger partial charge in [-0.25, -0.2) is 4.98 Å². The van der Waals surface area contributed by atoms with Crippen LogP contribution in [0.5, 0.6) is 0 Å². The van der Waals surface area contributed by atoms with Gasteiger partial charge in [-0.3, -0.25) is 20.2 Å². The van der Waals surface area contributed by atoms with Gasteiger partial charge in [-0.2, -0.15) is 0 Å². The number of thiophene rings is 1. The number of amides is 1. The van der Waals surface area contributed by atoms with Gasteiger partial charge in [0.15, 0.2) is 5.13 Å².